The number of carbonyl (C=O) groups excluding carboxylic acids is 1. The molecule has 0 aromatic carbocycles. The Balaban J connectivity index is 2.67. The molecule has 1 saturated heterocycles. The number of carbonyl (C=O) groups is 1. The highest BCUT2D eigenvalue weighted by atomic mass is 35.5. The average molecular weight is 234 g/mol. The number of amides is 1. The Labute approximate surface area is 96.4 Å². The second-order valence-electron chi connectivity index (χ2n) is 5.22. The van der Waals surface area contributed by atoms with Crippen LogP contribution in [0, 0.1) is 11.3 Å². The molecule has 0 aliphatic carbocycles. The van der Waals surface area contributed by atoms with Gasteiger partial charge < -0.3 is 10.0 Å². The molecule has 15 heavy (non-hydrogen) atoms. The van der Waals surface area contributed by atoms with Gasteiger partial charge in [0.25, 0.3) is 0 Å². The summed E-state index contributed by atoms with van der Waals surface area (Å²) in [6.07, 6.45) is 0.397. The van der Waals surface area contributed by atoms with E-state index >= 15 is 0 Å². The fourth-order valence-electron chi connectivity index (χ4n) is 1.97. The van der Waals surface area contributed by atoms with Crippen molar-refractivity contribution in [3.8, 4) is 0 Å². The van der Waals surface area contributed by atoms with Gasteiger partial charge in [-0.1, -0.05) is 6.92 Å². The van der Waals surface area contributed by atoms with Gasteiger partial charge in [-0.15, -0.1) is 11.6 Å². The maximum absolute atomic E-state index is 12.1. The van der Waals surface area contributed by atoms with Gasteiger partial charge in [-0.25, -0.2) is 0 Å². The Bertz CT molecular complexity index is 233. The zero-order chi connectivity index (χ0) is 11.6. The molecule has 1 aliphatic rings. The molecule has 1 fully saturated rings. The third-order valence-corrected chi connectivity index (χ3v) is 3.51. The van der Waals surface area contributed by atoms with Crippen molar-refractivity contribution in [1.29, 1.82) is 0 Å². The third-order valence-electron chi connectivity index (χ3n) is 2.84. The SMILES string of the molecule is CC1CC(O)CN(C(=O)C(C)(C)CCl)C1. The standard InChI is InChI=1S/C11H20ClNO2/c1-8-4-9(14)6-13(5-8)10(15)11(2,3)7-12/h8-9,14H,4-7H2,1-3H3. The summed E-state index contributed by atoms with van der Waals surface area (Å²) in [5.74, 6) is 0.722. The molecule has 0 bridgehead atoms. The van der Waals surface area contributed by atoms with E-state index in [2.05, 4.69) is 6.92 Å². The number of piperidine rings is 1. The lowest BCUT2D eigenvalue weighted by Gasteiger charge is -2.38. The normalized spacial score (nSPS) is 27.9. The molecule has 2 unspecified atom stereocenters. The van der Waals surface area contributed by atoms with Gasteiger partial charge in [0.2, 0.25) is 5.91 Å². The molecule has 1 rings (SSSR count). The monoisotopic (exact) mass is 233 g/mol. The molecule has 1 N–H and O–H groups in total. The molecular weight excluding hydrogens is 214 g/mol. The van der Waals surface area contributed by atoms with Crippen molar-refractivity contribution in [2.24, 2.45) is 11.3 Å². The highest BCUT2D eigenvalue weighted by Crippen LogP contribution is 2.25. The lowest BCUT2D eigenvalue weighted by molar-refractivity contribution is -0.143. The van der Waals surface area contributed by atoms with Gasteiger partial charge in [0.15, 0.2) is 0 Å². The summed E-state index contributed by atoms with van der Waals surface area (Å²) in [4.78, 5) is 13.8. The molecule has 0 radical (unpaired) electrons. The van der Waals surface area contributed by atoms with E-state index in [1.807, 2.05) is 13.8 Å². The van der Waals surface area contributed by atoms with Gasteiger partial charge in [0.05, 0.1) is 11.5 Å². The number of halogens is 1. The molecule has 2 atom stereocenters. The highest BCUT2D eigenvalue weighted by Gasteiger charge is 2.35. The third kappa shape index (κ3) is 3.08. The predicted molar refractivity (Wildman–Crippen MR) is 60.9 cm³/mol. The molecule has 88 valence electrons. The number of aliphatic hydroxyl groups excluding tert-OH is 1. The molecule has 0 aromatic heterocycles. The average Bonchev–Trinajstić information content (AvgIpc) is 2.15. The predicted octanol–water partition coefficient (Wildman–Crippen LogP) is 1.48. The minimum Gasteiger partial charge on any atom is -0.391 e. The van der Waals surface area contributed by atoms with Gasteiger partial charge >= 0.3 is 0 Å². The van der Waals surface area contributed by atoms with Crippen LogP contribution in [0.15, 0.2) is 0 Å². The largest absolute Gasteiger partial charge is 0.391 e. The molecular formula is C11H20ClNO2. The number of hydrogen-bond donors (Lipinski definition) is 1. The first-order valence-electron chi connectivity index (χ1n) is 5.40. The summed E-state index contributed by atoms with van der Waals surface area (Å²) < 4.78 is 0. The number of rotatable bonds is 2. The zero-order valence-electron chi connectivity index (χ0n) is 9.66. The Kier molecular flexibility index (Phi) is 4.01. The van der Waals surface area contributed by atoms with Crippen LogP contribution in [0.25, 0.3) is 0 Å². The zero-order valence-corrected chi connectivity index (χ0v) is 10.4. The molecule has 0 spiro atoms. The molecule has 1 aliphatic heterocycles. The highest BCUT2D eigenvalue weighted by molar-refractivity contribution is 6.19. The summed E-state index contributed by atoms with van der Waals surface area (Å²) >= 11 is 5.77. The minimum absolute atomic E-state index is 0.0445. The van der Waals surface area contributed by atoms with Crippen LogP contribution < -0.4 is 0 Å². The summed E-state index contributed by atoms with van der Waals surface area (Å²) in [5.41, 5.74) is -0.529. The summed E-state index contributed by atoms with van der Waals surface area (Å²) in [6.45, 7) is 6.91. The molecule has 0 saturated carbocycles. The first-order chi connectivity index (χ1) is 6.86. The van der Waals surface area contributed by atoms with Gasteiger partial charge in [-0.05, 0) is 26.2 Å². The smallest absolute Gasteiger partial charge is 0.229 e. The van der Waals surface area contributed by atoms with Gasteiger partial charge in [0, 0.05) is 19.0 Å². The van der Waals surface area contributed by atoms with Crippen LogP contribution in [0.2, 0.25) is 0 Å². The van der Waals surface area contributed by atoms with E-state index < -0.39 is 5.41 Å². The molecule has 0 aromatic rings. The number of aliphatic hydroxyl groups is 1. The van der Waals surface area contributed by atoms with Crippen LogP contribution in [0.5, 0.6) is 0 Å². The Morgan fingerprint density at radius 3 is 2.60 bits per heavy atom. The number of hydrogen-bond acceptors (Lipinski definition) is 2. The summed E-state index contributed by atoms with van der Waals surface area (Å²) in [5, 5.41) is 9.61. The number of β-amino-alcohol motifs (C(OH)–C–C–N with tert-alkyl or cyclic N) is 1. The lowest BCUT2D eigenvalue weighted by atomic mass is 9.91. The van der Waals surface area contributed by atoms with E-state index in [9.17, 15) is 9.90 Å². The summed E-state index contributed by atoms with van der Waals surface area (Å²) in [7, 11) is 0. The first kappa shape index (κ1) is 12.8. The summed E-state index contributed by atoms with van der Waals surface area (Å²) in [6, 6.07) is 0. The van der Waals surface area contributed by atoms with Crippen LogP contribution in [0.4, 0.5) is 0 Å². The maximum atomic E-state index is 12.1. The Morgan fingerprint density at radius 2 is 2.13 bits per heavy atom. The molecule has 3 nitrogen and oxygen atoms in total. The van der Waals surface area contributed by atoms with E-state index in [4.69, 9.17) is 11.6 Å². The quantitative estimate of drug-likeness (QED) is 0.734. The number of alkyl halides is 1. The fraction of sp³-hybridized carbons (Fsp3) is 0.909. The van der Waals surface area contributed by atoms with E-state index in [1.165, 1.54) is 0 Å². The number of likely N-dealkylation sites (tertiary alicyclic amines) is 1. The number of nitrogens with zero attached hydrogens (tertiary/aromatic N) is 1. The molecule has 1 heterocycles. The van der Waals surface area contributed by atoms with E-state index in [-0.39, 0.29) is 12.0 Å². The Morgan fingerprint density at radius 1 is 1.53 bits per heavy atom. The van der Waals surface area contributed by atoms with Gasteiger partial charge in [0.1, 0.15) is 0 Å². The van der Waals surface area contributed by atoms with E-state index in [0.717, 1.165) is 13.0 Å². The topological polar surface area (TPSA) is 40.5 Å². The van der Waals surface area contributed by atoms with Crippen LogP contribution in [-0.2, 0) is 4.79 Å². The van der Waals surface area contributed by atoms with E-state index in [0.29, 0.717) is 18.3 Å². The van der Waals surface area contributed by atoms with Gasteiger partial charge in [-0.3, -0.25) is 4.79 Å². The maximum Gasteiger partial charge on any atom is 0.229 e. The van der Waals surface area contributed by atoms with Crippen molar-refractivity contribution in [3.63, 3.8) is 0 Å². The van der Waals surface area contributed by atoms with Crippen molar-refractivity contribution >= 4 is 17.5 Å². The first-order valence-corrected chi connectivity index (χ1v) is 5.93. The minimum atomic E-state index is -0.529. The van der Waals surface area contributed by atoms with Crippen molar-refractivity contribution in [1.82, 2.24) is 4.90 Å². The fourth-order valence-corrected chi connectivity index (χ4v) is 2.08. The molecule has 1 amide bonds. The van der Waals surface area contributed by atoms with Crippen molar-refractivity contribution in [3.05, 3.63) is 0 Å². The van der Waals surface area contributed by atoms with Crippen LogP contribution in [-0.4, -0.2) is 41.0 Å². The van der Waals surface area contributed by atoms with Crippen molar-refractivity contribution in [2.75, 3.05) is 19.0 Å². The van der Waals surface area contributed by atoms with Crippen LogP contribution >= 0.6 is 11.6 Å². The van der Waals surface area contributed by atoms with Crippen molar-refractivity contribution < 1.29 is 9.90 Å². The second-order valence-corrected chi connectivity index (χ2v) is 5.49. The van der Waals surface area contributed by atoms with Crippen LogP contribution in [0.3, 0.4) is 0 Å². The second kappa shape index (κ2) is 4.71. The molecule has 4 heteroatoms. The van der Waals surface area contributed by atoms with Gasteiger partial charge in [-0.2, -0.15) is 0 Å². The Hall–Kier alpha value is -0.280. The van der Waals surface area contributed by atoms with Crippen LogP contribution in [0.1, 0.15) is 27.2 Å². The lowest BCUT2D eigenvalue weighted by Crippen LogP contribution is -2.50. The van der Waals surface area contributed by atoms with E-state index in [1.54, 1.807) is 4.90 Å². The van der Waals surface area contributed by atoms with Crippen molar-refractivity contribution in [2.45, 2.75) is 33.3 Å².